The zero-order chi connectivity index (χ0) is 14.0. The van der Waals surface area contributed by atoms with Crippen LogP contribution >= 0.6 is 11.6 Å². The number of benzene rings is 2. The second-order valence-corrected chi connectivity index (χ2v) is 5.30. The van der Waals surface area contributed by atoms with E-state index in [0.717, 1.165) is 11.1 Å². The molecule has 0 saturated heterocycles. The molecule has 2 aromatic carbocycles. The van der Waals surface area contributed by atoms with Crippen molar-refractivity contribution in [3.63, 3.8) is 0 Å². The average molecular weight is 278 g/mol. The lowest BCUT2D eigenvalue weighted by Crippen LogP contribution is -2.14. The van der Waals surface area contributed by atoms with Gasteiger partial charge in [0.25, 0.3) is 0 Å². The van der Waals surface area contributed by atoms with Gasteiger partial charge in [0.1, 0.15) is 5.82 Å². The summed E-state index contributed by atoms with van der Waals surface area (Å²) in [6, 6.07) is 10.3. The first kappa shape index (κ1) is 14.0. The van der Waals surface area contributed by atoms with E-state index in [9.17, 15) is 4.39 Å². The van der Waals surface area contributed by atoms with E-state index in [2.05, 4.69) is 26.0 Å². The molecule has 2 aromatic rings. The first-order valence-corrected chi connectivity index (χ1v) is 6.62. The molecule has 0 aromatic heterocycles. The van der Waals surface area contributed by atoms with Crippen molar-refractivity contribution in [2.75, 3.05) is 0 Å². The number of rotatable bonds is 3. The molecule has 0 bridgehead atoms. The van der Waals surface area contributed by atoms with Gasteiger partial charge in [-0.25, -0.2) is 4.39 Å². The van der Waals surface area contributed by atoms with Crippen molar-refractivity contribution in [2.45, 2.75) is 26.3 Å². The van der Waals surface area contributed by atoms with Crippen molar-refractivity contribution in [3.8, 4) is 0 Å². The zero-order valence-corrected chi connectivity index (χ0v) is 11.8. The molecule has 0 amide bonds. The number of nitrogens with two attached hydrogens (primary N) is 1. The van der Waals surface area contributed by atoms with Crippen molar-refractivity contribution in [1.29, 1.82) is 0 Å². The van der Waals surface area contributed by atoms with E-state index in [-0.39, 0.29) is 11.9 Å². The Morgan fingerprint density at radius 3 is 2.53 bits per heavy atom. The molecule has 19 heavy (non-hydrogen) atoms. The maximum atomic E-state index is 13.2. The third-order valence-corrected chi connectivity index (χ3v) is 3.78. The van der Waals surface area contributed by atoms with Crippen LogP contribution in [-0.4, -0.2) is 0 Å². The summed E-state index contributed by atoms with van der Waals surface area (Å²) in [5.41, 5.74) is 10.4. The fourth-order valence-corrected chi connectivity index (χ4v) is 2.24. The Morgan fingerprint density at radius 1 is 1.11 bits per heavy atom. The quantitative estimate of drug-likeness (QED) is 0.887. The molecule has 0 aliphatic heterocycles. The van der Waals surface area contributed by atoms with Crippen molar-refractivity contribution < 1.29 is 4.39 Å². The van der Waals surface area contributed by atoms with Crippen LogP contribution in [0.4, 0.5) is 4.39 Å². The summed E-state index contributed by atoms with van der Waals surface area (Å²) >= 11 is 6.06. The number of aryl methyl sites for hydroxylation is 2. The van der Waals surface area contributed by atoms with E-state index in [4.69, 9.17) is 17.3 Å². The summed E-state index contributed by atoms with van der Waals surface area (Å²) in [4.78, 5) is 0. The summed E-state index contributed by atoms with van der Waals surface area (Å²) in [5, 5.41) is 0.556. The highest BCUT2D eigenvalue weighted by atomic mass is 35.5. The van der Waals surface area contributed by atoms with Gasteiger partial charge in [0.2, 0.25) is 0 Å². The minimum atomic E-state index is -0.285. The van der Waals surface area contributed by atoms with Gasteiger partial charge >= 0.3 is 0 Å². The Bertz CT molecular complexity index is 595. The first-order chi connectivity index (χ1) is 8.97. The van der Waals surface area contributed by atoms with Crippen LogP contribution in [0.1, 0.15) is 28.3 Å². The Labute approximate surface area is 118 Å². The highest BCUT2D eigenvalue weighted by molar-refractivity contribution is 6.31. The number of hydrogen-bond acceptors (Lipinski definition) is 1. The Balaban J connectivity index is 2.22. The van der Waals surface area contributed by atoms with E-state index >= 15 is 0 Å². The van der Waals surface area contributed by atoms with Crippen molar-refractivity contribution in [1.82, 2.24) is 0 Å². The van der Waals surface area contributed by atoms with Crippen LogP contribution < -0.4 is 5.73 Å². The van der Waals surface area contributed by atoms with Crippen LogP contribution in [0, 0.1) is 19.7 Å². The first-order valence-electron chi connectivity index (χ1n) is 6.24. The van der Waals surface area contributed by atoms with Crippen LogP contribution in [0.25, 0.3) is 0 Å². The Hall–Kier alpha value is -1.38. The predicted octanol–water partition coefficient (Wildman–Crippen LogP) is 4.34. The van der Waals surface area contributed by atoms with Gasteiger partial charge in [-0.3, -0.25) is 0 Å². The molecule has 0 aliphatic rings. The van der Waals surface area contributed by atoms with Gasteiger partial charge in [0.15, 0.2) is 0 Å². The van der Waals surface area contributed by atoms with Crippen LogP contribution in [0.5, 0.6) is 0 Å². The Kier molecular flexibility index (Phi) is 4.23. The molecule has 0 saturated carbocycles. The lowest BCUT2D eigenvalue weighted by Gasteiger charge is -2.15. The van der Waals surface area contributed by atoms with E-state index < -0.39 is 0 Å². The van der Waals surface area contributed by atoms with Crippen molar-refractivity contribution in [2.24, 2.45) is 5.73 Å². The minimum absolute atomic E-state index is 0.182. The van der Waals surface area contributed by atoms with Crippen LogP contribution in [-0.2, 0) is 6.42 Å². The molecule has 2 N–H and O–H groups in total. The lowest BCUT2D eigenvalue weighted by atomic mass is 9.96. The smallest absolute Gasteiger partial charge is 0.123 e. The molecule has 0 aliphatic carbocycles. The van der Waals surface area contributed by atoms with E-state index in [1.807, 2.05) is 6.07 Å². The van der Waals surface area contributed by atoms with Crippen LogP contribution in [0.15, 0.2) is 36.4 Å². The van der Waals surface area contributed by atoms with Gasteiger partial charge < -0.3 is 5.73 Å². The molecule has 2 rings (SSSR count). The standard InChI is InChI=1S/C16H17ClFN/c1-10-3-4-12(7-11(10)2)16(19)9-13-8-14(18)5-6-15(13)17/h3-8,16H,9,19H2,1-2H3. The monoisotopic (exact) mass is 277 g/mol. The molecule has 3 heteroatoms. The second kappa shape index (κ2) is 5.72. The van der Waals surface area contributed by atoms with Gasteiger partial charge in [-0.2, -0.15) is 0 Å². The maximum Gasteiger partial charge on any atom is 0.123 e. The molecule has 0 spiro atoms. The highest BCUT2D eigenvalue weighted by Crippen LogP contribution is 2.24. The van der Waals surface area contributed by atoms with E-state index in [1.54, 1.807) is 6.07 Å². The summed E-state index contributed by atoms with van der Waals surface area (Å²) in [6.07, 6.45) is 0.527. The molecule has 0 radical (unpaired) electrons. The molecular formula is C16H17ClFN. The Morgan fingerprint density at radius 2 is 1.84 bits per heavy atom. The normalized spacial score (nSPS) is 12.5. The second-order valence-electron chi connectivity index (χ2n) is 4.89. The molecule has 100 valence electrons. The molecule has 1 nitrogen and oxygen atoms in total. The third kappa shape index (κ3) is 3.34. The number of hydrogen-bond donors (Lipinski definition) is 1. The van der Waals surface area contributed by atoms with Gasteiger partial charge in [0.05, 0.1) is 0 Å². The number of halogens is 2. The molecule has 1 unspecified atom stereocenters. The van der Waals surface area contributed by atoms with Gasteiger partial charge in [-0.15, -0.1) is 0 Å². The SMILES string of the molecule is Cc1ccc(C(N)Cc2cc(F)ccc2Cl)cc1C. The van der Waals surface area contributed by atoms with Crippen LogP contribution in [0.2, 0.25) is 5.02 Å². The fourth-order valence-electron chi connectivity index (χ4n) is 2.05. The largest absolute Gasteiger partial charge is 0.324 e. The zero-order valence-electron chi connectivity index (χ0n) is 11.1. The fraction of sp³-hybridized carbons (Fsp3) is 0.250. The summed E-state index contributed by atoms with van der Waals surface area (Å²) in [7, 11) is 0. The summed E-state index contributed by atoms with van der Waals surface area (Å²) < 4.78 is 13.2. The lowest BCUT2D eigenvalue weighted by molar-refractivity contribution is 0.622. The molecule has 0 heterocycles. The minimum Gasteiger partial charge on any atom is -0.324 e. The van der Waals surface area contributed by atoms with E-state index in [1.165, 1.54) is 23.3 Å². The van der Waals surface area contributed by atoms with E-state index in [0.29, 0.717) is 11.4 Å². The molecular weight excluding hydrogens is 261 g/mol. The van der Waals surface area contributed by atoms with Gasteiger partial charge in [-0.1, -0.05) is 29.8 Å². The summed E-state index contributed by atoms with van der Waals surface area (Å²) in [5.74, 6) is -0.285. The van der Waals surface area contributed by atoms with Crippen LogP contribution in [0.3, 0.4) is 0 Å². The summed E-state index contributed by atoms with van der Waals surface area (Å²) in [6.45, 7) is 4.12. The maximum absolute atomic E-state index is 13.2. The topological polar surface area (TPSA) is 26.0 Å². The molecule has 0 fully saturated rings. The average Bonchev–Trinajstić information content (AvgIpc) is 2.37. The van der Waals surface area contributed by atoms with Gasteiger partial charge in [-0.05, 0) is 60.7 Å². The highest BCUT2D eigenvalue weighted by Gasteiger charge is 2.11. The molecule has 1 atom stereocenters. The van der Waals surface area contributed by atoms with Crippen molar-refractivity contribution in [3.05, 3.63) is 69.5 Å². The third-order valence-electron chi connectivity index (χ3n) is 3.41. The predicted molar refractivity (Wildman–Crippen MR) is 78.0 cm³/mol. The van der Waals surface area contributed by atoms with Gasteiger partial charge in [0, 0.05) is 11.1 Å². The van der Waals surface area contributed by atoms with Crippen molar-refractivity contribution >= 4 is 11.6 Å².